The Morgan fingerprint density at radius 3 is 2.61 bits per heavy atom. The fraction of sp³-hybridized carbons (Fsp3) is 0.0833. The van der Waals surface area contributed by atoms with Crippen molar-refractivity contribution in [2.24, 2.45) is 0 Å². The molecule has 0 spiro atoms. The molecular weight excluding hydrogens is 273 g/mol. The zero-order chi connectivity index (χ0) is 13.3. The van der Waals surface area contributed by atoms with Crippen molar-refractivity contribution in [3.63, 3.8) is 0 Å². The van der Waals surface area contributed by atoms with Gasteiger partial charge < -0.3 is 5.73 Å². The summed E-state index contributed by atoms with van der Waals surface area (Å²) in [5, 5.41) is 0.556. The third-order valence-electron chi connectivity index (χ3n) is 2.32. The number of rotatable bonds is 2. The van der Waals surface area contributed by atoms with E-state index in [9.17, 15) is 4.79 Å². The molecule has 0 aliphatic carbocycles. The van der Waals surface area contributed by atoms with Gasteiger partial charge in [-0.2, -0.15) is 0 Å². The standard InChI is InChI=1S/C12H9Cl2N3O/c1-6-2-8(12(15)17-4-6)11(18)10-9(14)3-7(13)5-16-10/h2-5H,1H3,(H2,15,17). The second kappa shape index (κ2) is 4.92. The van der Waals surface area contributed by atoms with Crippen LogP contribution in [-0.2, 0) is 0 Å². The molecule has 0 unspecified atom stereocenters. The van der Waals surface area contributed by atoms with Crippen LogP contribution in [0.4, 0.5) is 5.82 Å². The lowest BCUT2D eigenvalue weighted by atomic mass is 10.1. The molecule has 0 atom stereocenters. The van der Waals surface area contributed by atoms with Crippen molar-refractivity contribution in [1.29, 1.82) is 0 Å². The number of aryl methyl sites for hydroxylation is 1. The molecule has 6 heteroatoms. The minimum atomic E-state index is -0.370. The normalized spacial score (nSPS) is 10.4. The number of carbonyl (C=O) groups excluding carboxylic acids is 1. The molecule has 2 aromatic rings. The Bertz CT molecular complexity index is 629. The molecule has 0 aliphatic heterocycles. The lowest BCUT2D eigenvalue weighted by molar-refractivity contribution is 0.103. The Morgan fingerprint density at radius 2 is 1.94 bits per heavy atom. The van der Waals surface area contributed by atoms with Gasteiger partial charge in [0.05, 0.1) is 15.6 Å². The van der Waals surface area contributed by atoms with Gasteiger partial charge in [0.25, 0.3) is 0 Å². The maximum Gasteiger partial charge on any atom is 0.216 e. The molecule has 4 nitrogen and oxygen atoms in total. The number of nitrogens with zero attached hydrogens (tertiary/aromatic N) is 2. The van der Waals surface area contributed by atoms with Crippen molar-refractivity contribution in [2.75, 3.05) is 5.73 Å². The zero-order valence-electron chi connectivity index (χ0n) is 9.45. The van der Waals surface area contributed by atoms with Crippen LogP contribution in [0.3, 0.4) is 0 Å². The lowest BCUT2D eigenvalue weighted by Gasteiger charge is -2.06. The lowest BCUT2D eigenvalue weighted by Crippen LogP contribution is -2.09. The van der Waals surface area contributed by atoms with Crippen LogP contribution in [0.15, 0.2) is 24.5 Å². The fourth-order valence-electron chi connectivity index (χ4n) is 1.47. The minimum absolute atomic E-state index is 0.111. The molecule has 2 heterocycles. The highest BCUT2D eigenvalue weighted by Gasteiger charge is 2.18. The monoisotopic (exact) mass is 281 g/mol. The van der Waals surface area contributed by atoms with Crippen molar-refractivity contribution >= 4 is 34.8 Å². The quantitative estimate of drug-likeness (QED) is 0.860. The summed E-state index contributed by atoms with van der Waals surface area (Å²) in [5.41, 5.74) is 6.91. The number of ketones is 1. The van der Waals surface area contributed by atoms with Gasteiger partial charge in [-0.3, -0.25) is 4.79 Å². The second-order valence-corrected chi connectivity index (χ2v) is 4.60. The molecule has 0 amide bonds. The van der Waals surface area contributed by atoms with Gasteiger partial charge in [0.15, 0.2) is 0 Å². The number of halogens is 2. The van der Waals surface area contributed by atoms with Gasteiger partial charge in [0.2, 0.25) is 5.78 Å². The third-order valence-corrected chi connectivity index (χ3v) is 2.82. The van der Waals surface area contributed by atoms with E-state index in [2.05, 4.69) is 9.97 Å². The highest BCUT2D eigenvalue weighted by atomic mass is 35.5. The van der Waals surface area contributed by atoms with E-state index < -0.39 is 0 Å². The predicted molar refractivity (Wildman–Crippen MR) is 71.1 cm³/mol. The first-order chi connectivity index (χ1) is 8.49. The van der Waals surface area contributed by atoms with E-state index in [-0.39, 0.29) is 27.9 Å². The van der Waals surface area contributed by atoms with Gasteiger partial charge >= 0.3 is 0 Å². The van der Waals surface area contributed by atoms with Crippen LogP contribution in [-0.4, -0.2) is 15.8 Å². The molecule has 2 aromatic heterocycles. The number of nitrogen functional groups attached to an aromatic ring is 1. The summed E-state index contributed by atoms with van der Waals surface area (Å²) >= 11 is 11.7. The molecule has 2 rings (SSSR count). The second-order valence-electron chi connectivity index (χ2n) is 3.76. The van der Waals surface area contributed by atoms with Gasteiger partial charge in [-0.15, -0.1) is 0 Å². The first-order valence-electron chi connectivity index (χ1n) is 5.07. The molecule has 0 radical (unpaired) electrons. The summed E-state index contributed by atoms with van der Waals surface area (Å²) in [5.74, 6) is -0.219. The molecular formula is C12H9Cl2N3O. The van der Waals surface area contributed by atoms with Gasteiger partial charge in [-0.05, 0) is 24.6 Å². The highest BCUT2D eigenvalue weighted by Crippen LogP contribution is 2.23. The van der Waals surface area contributed by atoms with E-state index in [1.54, 1.807) is 12.3 Å². The SMILES string of the molecule is Cc1cnc(N)c(C(=O)c2ncc(Cl)cc2Cl)c1. The number of hydrogen-bond donors (Lipinski definition) is 1. The van der Waals surface area contributed by atoms with Crippen LogP contribution >= 0.6 is 23.2 Å². The maximum atomic E-state index is 12.2. The van der Waals surface area contributed by atoms with Crippen LogP contribution in [0.1, 0.15) is 21.6 Å². The predicted octanol–water partition coefficient (Wildman–Crippen LogP) is 2.91. The molecule has 0 saturated carbocycles. The first kappa shape index (κ1) is 12.8. The van der Waals surface area contributed by atoms with Gasteiger partial charge in [0.1, 0.15) is 11.5 Å². The van der Waals surface area contributed by atoms with E-state index in [0.29, 0.717) is 5.02 Å². The Labute approximate surface area is 114 Å². The van der Waals surface area contributed by atoms with Gasteiger partial charge in [0, 0.05) is 12.4 Å². The Hall–Kier alpha value is -1.65. The number of hydrogen-bond acceptors (Lipinski definition) is 4. The van der Waals surface area contributed by atoms with Crippen molar-refractivity contribution in [1.82, 2.24) is 9.97 Å². The van der Waals surface area contributed by atoms with Gasteiger partial charge in [-0.25, -0.2) is 9.97 Å². The largest absolute Gasteiger partial charge is 0.383 e. The maximum absolute atomic E-state index is 12.2. The topological polar surface area (TPSA) is 68.9 Å². The van der Waals surface area contributed by atoms with E-state index in [1.807, 2.05) is 6.92 Å². The van der Waals surface area contributed by atoms with E-state index in [1.165, 1.54) is 12.3 Å². The van der Waals surface area contributed by atoms with E-state index >= 15 is 0 Å². The third kappa shape index (κ3) is 2.44. The molecule has 0 saturated heterocycles. The van der Waals surface area contributed by atoms with Gasteiger partial charge in [-0.1, -0.05) is 23.2 Å². The van der Waals surface area contributed by atoms with Crippen LogP contribution in [0, 0.1) is 6.92 Å². The van der Waals surface area contributed by atoms with Crippen molar-refractivity contribution < 1.29 is 4.79 Å². The highest BCUT2D eigenvalue weighted by molar-refractivity contribution is 6.37. The molecule has 2 N–H and O–H groups in total. The molecule has 18 heavy (non-hydrogen) atoms. The van der Waals surface area contributed by atoms with Crippen LogP contribution in [0.5, 0.6) is 0 Å². The summed E-state index contributed by atoms with van der Waals surface area (Å²) in [6, 6.07) is 3.11. The van der Waals surface area contributed by atoms with Crippen LogP contribution in [0.25, 0.3) is 0 Å². The number of aromatic nitrogens is 2. The summed E-state index contributed by atoms with van der Waals surface area (Å²) in [7, 11) is 0. The smallest absolute Gasteiger partial charge is 0.216 e. The molecule has 0 aliphatic rings. The van der Waals surface area contributed by atoms with E-state index in [4.69, 9.17) is 28.9 Å². The average molecular weight is 282 g/mol. The number of anilines is 1. The Kier molecular flexibility index (Phi) is 3.50. The van der Waals surface area contributed by atoms with Crippen LogP contribution in [0.2, 0.25) is 10.0 Å². The number of carbonyl (C=O) groups is 1. The Morgan fingerprint density at radius 1 is 1.22 bits per heavy atom. The number of nitrogens with two attached hydrogens (primary N) is 1. The zero-order valence-corrected chi connectivity index (χ0v) is 11.0. The van der Waals surface area contributed by atoms with Crippen LogP contribution < -0.4 is 5.73 Å². The number of pyridine rings is 2. The summed E-state index contributed by atoms with van der Waals surface area (Å²) in [6.07, 6.45) is 2.95. The fourth-order valence-corrected chi connectivity index (χ4v) is 1.94. The van der Waals surface area contributed by atoms with Crippen molar-refractivity contribution in [3.05, 3.63) is 51.4 Å². The summed E-state index contributed by atoms with van der Waals surface area (Å²) in [6.45, 7) is 1.82. The summed E-state index contributed by atoms with van der Waals surface area (Å²) < 4.78 is 0. The molecule has 0 aromatic carbocycles. The molecule has 92 valence electrons. The van der Waals surface area contributed by atoms with E-state index in [0.717, 1.165) is 5.56 Å². The van der Waals surface area contributed by atoms with Crippen molar-refractivity contribution in [3.8, 4) is 0 Å². The molecule has 0 bridgehead atoms. The summed E-state index contributed by atoms with van der Waals surface area (Å²) in [4.78, 5) is 20.1. The average Bonchev–Trinajstić information content (AvgIpc) is 2.31. The minimum Gasteiger partial charge on any atom is -0.383 e. The first-order valence-corrected chi connectivity index (χ1v) is 5.82. The Balaban J connectivity index is 2.51. The van der Waals surface area contributed by atoms with Crippen molar-refractivity contribution in [2.45, 2.75) is 6.92 Å². The molecule has 0 fully saturated rings.